The van der Waals surface area contributed by atoms with Crippen molar-refractivity contribution in [2.75, 3.05) is 26.1 Å². The summed E-state index contributed by atoms with van der Waals surface area (Å²) in [6.45, 7) is 2.28. The van der Waals surface area contributed by atoms with Crippen LogP contribution in [0.4, 0.5) is 11.4 Å². The van der Waals surface area contributed by atoms with Crippen LogP contribution in [0.3, 0.4) is 0 Å². The summed E-state index contributed by atoms with van der Waals surface area (Å²) in [5.74, 6) is 0.646. The Kier molecular flexibility index (Phi) is 7.69. The molecular formula is C21H21Cl2N3O4S. The van der Waals surface area contributed by atoms with Gasteiger partial charge in [0.25, 0.3) is 0 Å². The largest absolute Gasteiger partial charge is 0.497 e. The summed E-state index contributed by atoms with van der Waals surface area (Å²) >= 11 is 13.4. The van der Waals surface area contributed by atoms with E-state index in [0.717, 1.165) is 0 Å². The second-order valence-corrected chi connectivity index (χ2v) is 8.43. The predicted molar refractivity (Wildman–Crippen MR) is 125 cm³/mol. The second-order valence-electron chi connectivity index (χ2n) is 6.47. The molecule has 0 aromatic heterocycles. The third-order valence-electron chi connectivity index (χ3n) is 4.53. The molecule has 2 aromatic rings. The van der Waals surface area contributed by atoms with Crippen LogP contribution in [0.5, 0.6) is 11.5 Å². The van der Waals surface area contributed by atoms with Gasteiger partial charge in [-0.2, -0.15) is 0 Å². The number of methoxy groups -OCH3 is 2. The van der Waals surface area contributed by atoms with Crippen LogP contribution in [0.15, 0.2) is 41.4 Å². The van der Waals surface area contributed by atoms with E-state index < -0.39 is 5.25 Å². The van der Waals surface area contributed by atoms with E-state index in [2.05, 4.69) is 10.3 Å². The number of amides is 2. The molecule has 31 heavy (non-hydrogen) atoms. The Labute approximate surface area is 194 Å². The lowest BCUT2D eigenvalue weighted by Gasteiger charge is -2.14. The number of ether oxygens (including phenoxy) is 2. The van der Waals surface area contributed by atoms with E-state index in [-0.39, 0.29) is 23.3 Å². The fourth-order valence-corrected chi connectivity index (χ4v) is 4.54. The van der Waals surface area contributed by atoms with E-state index in [1.54, 1.807) is 55.5 Å². The molecule has 1 aliphatic rings. The van der Waals surface area contributed by atoms with E-state index in [9.17, 15) is 9.59 Å². The normalized spacial score (nSPS) is 17.2. The molecule has 1 fully saturated rings. The standard InChI is InChI=1S/C21H21Cl2N3O4S/c1-4-26-20(28)17(11-18(27)24-14-7-5-6-13(22)19(14)23)31-21(26)25-15-10-12(29-2)8-9-16(15)30-3/h5-10,17H,4,11H2,1-3H3,(H,24,27). The molecular weight excluding hydrogens is 461 g/mol. The first-order valence-electron chi connectivity index (χ1n) is 9.40. The molecule has 0 saturated carbocycles. The van der Waals surface area contributed by atoms with E-state index in [4.69, 9.17) is 32.7 Å². The summed E-state index contributed by atoms with van der Waals surface area (Å²) in [4.78, 5) is 31.6. The van der Waals surface area contributed by atoms with Crippen LogP contribution in [0.25, 0.3) is 0 Å². The van der Waals surface area contributed by atoms with Crippen LogP contribution < -0.4 is 14.8 Å². The molecule has 1 heterocycles. The van der Waals surface area contributed by atoms with Crippen molar-refractivity contribution in [2.45, 2.75) is 18.6 Å². The number of nitrogens with zero attached hydrogens (tertiary/aromatic N) is 2. The average Bonchev–Trinajstić information content (AvgIpc) is 3.05. The third-order valence-corrected chi connectivity index (χ3v) is 6.53. The molecule has 2 aromatic carbocycles. The number of amidine groups is 1. The molecule has 164 valence electrons. The lowest BCUT2D eigenvalue weighted by atomic mass is 10.2. The molecule has 1 unspecified atom stereocenters. The maximum atomic E-state index is 12.9. The number of benzene rings is 2. The molecule has 0 radical (unpaired) electrons. The monoisotopic (exact) mass is 481 g/mol. The van der Waals surface area contributed by atoms with Gasteiger partial charge in [0.2, 0.25) is 11.8 Å². The minimum absolute atomic E-state index is 0.0306. The summed E-state index contributed by atoms with van der Waals surface area (Å²) in [6.07, 6.45) is -0.0306. The topological polar surface area (TPSA) is 80.2 Å². The fraction of sp³-hybridized carbons (Fsp3) is 0.286. The van der Waals surface area contributed by atoms with Gasteiger partial charge in [-0.25, -0.2) is 4.99 Å². The van der Waals surface area contributed by atoms with Crippen molar-refractivity contribution in [1.29, 1.82) is 0 Å². The Balaban J connectivity index is 1.79. The smallest absolute Gasteiger partial charge is 0.242 e. The van der Waals surface area contributed by atoms with Crippen LogP contribution in [0, 0.1) is 0 Å². The highest BCUT2D eigenvalue weighted by atomic mass is 35.5. The van der Waals surface area contributed by atoms with Gasteiger partial charge in [0.05, 0.1) is 30.0 Å². The molecule has 0 spiro atoms. The zero-order valence-corrected chi connectivity index (χ0v) is 19.5. The van der Waals surface area contributed by atoms with E-state index in [1.165, 1.54) is 11.8 Å². The second kappa shape index (κ2) is 10.3. The van der Waals surface area contributed by atoms with Gasteiger partial charge in [-0.15, -0.1) is 0 Å². The summed E-state index contributed by atoms with van der Waals surface area (Å²) in [5, 5.41) is 3.20. The summed E-state index contributed by atoms with van der Waals surface area (Å²) in [7, 11) is 3.11. The fourth-order valence-electron chi connectivity index (χ4n) is 2.97. The maximum absolute atomic E-state index is 12.9. The first-order chi connectivity index (χ1) is 14.9. The van der Waals surface area contributed by atoms with Crippen molar-refractivity contribution in [2.24, 2.45) is 4.99 Å². The molecule has 1 aliphatic heterocycles. The number of carbonyl (C=O) groups is 2. The SMILES string of the molecule is CCN1C(=O)C(CC(=O)Nc2cccc(Cl)c2Cl)SC1=Nc1cc(OC)ccc1OC. The van der Waals surface area contributed by atoms with Gasteiger partial charge in [0, 0.05) is 19.0 Å². The highest BCUT2D eigenvalue weighted by Crippen LogP contribution is 2.37. The van der Waals surface area contributed by atoms with E-state index >= 15 is 0 Å². The Hall–Kier alpha value is -2.42. The zero-order valence-electron chi connectivity index (χ0n) is 17.1. The number of thioether (sulfide) groups is 1. The zero-order chi connectivity index (χ0) is 22.5. The molecule has 7 nitrogen and oxygen atoms in total. The number of rotatable bonds is 7. The lowest BCUT2D eigenvalue weighted by Crippen LogP contribution is -2.33. The maximum Gasteiger partial charge on any atom is 0.242 e. The lowest BCUT2D eigenvalue weighted by molar-refractivity contribution is -0.128. The number of carbonyl (C=O) groups excluding carboxylic acids is 2. The minimum atomic E-state index is -0.603. The number of halogens is 2. The molecule has 1 saturated heterocycles. The van der Waals surface area contributed by atoms with Gasteiger partial charge in [0.15, 0.2) is 5.17 Å². The van der Waals surface area contributed by atoms with E-state index in [1.807, 2.05) is 6.92 Å². The van der Waals surface area contributed by atoms with E-state index in [0.29, 0.717) is 39.6 Å². The van der Waals surface area contributed by atoms with Gasteiger partial charge in [-0.3, -0.25) is 14.5 Å². The Morgan fingerprint density at radius 3 is 2.68 bits per heavy atom. The highest BCUT2D eigenvalue weighted by Gasteiger charge is 2.38. The van der Waals surface area contributed by atoms with Crippen molar-refractivity contribution in [3.05, 3.63) is 46.4 Å². The summed E-state index contributed by atoms with van der Waals surface area (Å²) < 4.78 is 10.6. The highest BCUT2D eigenvalue weighted by molar-refractivity contribution is 8.15. The predicted octanol–water partition coefficient (Wildman–Crippen LogP) is 4.99. The Bertz CT molecular complexity index is 1030. The average molecular weight is 482 g/mol. The molecule has 3 rings (SSSR count). The molecule has 10 heteroatoms. The van der Waals surface area contributed by atoms with Crippen LogP contribution >= 0.6 is 35.0 Å². The molecule has 0 aliphatic carbocycles. The van der Waals surface area contributed by atoms with Crippen LogP contribution in [-0.2, 0) is 9.59 Å². The number of nitrogens with one attached hydrogen (secondary N) is 1. The van der Waals surface area contributed by atoms with Gasteiger partial charge in [-0.05, 0) is 31.2 Å². The van der Waals surface area contributed by atoms with Crippen LogP contribution in [-0.4, -0.2) is 47.9 Å². The van der Waals surface area contributed by atoms with Crippen molar-refractivity contribution in [3.8, 4) is 11.5 Å². The molecule has 2 amide bonds. The Morgan fingerprint density at radius 2 is 2.00 bits per heavy atom. The third kappa shape index (κ3) is 5.26. The van der Waals surface area contributed by atoms with Crippen LogP contribution in [0.2, 0.25) is 10.0 Å². The van der Waals surface area contributed by atoms with Crippen LogP contribution in [0.1, 0.15) is 13.3 Å². The van der Waals surface area contributed by atoms with Crippen molar-refractivity contribution < 1.29 is 19.1 Å². The number of anilines is 1. The minimum Gasteiger partial charge on any atom is -0.497 e. The summed E-state index contributed by atoms with van der Waals surface area (Å²) in [6, 6.07) is 10.2. The molecule has 1 N–H and O–H groups in total. The quantitative estimate of drug-likeness (QED) is 0.602. The molecule has 0 bridgehead atoms. The first-order valence-corrected chi connectivity index (χ1v) is 11.0. The van der Waals surface area contributed by atoms with Gasteiger partial charge in [0.1, 0.15) is 22.4 Å². The van der Waals surface area contributed by atoms with Gasteiger partial charge in [-0.1, -0.05) is 41.0 Å². The Morgan fingerprint density at radius 1 is 1.23 bits per heavy atom. The van der Waals surface area contributed by atoms with Crippen molar-refractivity contribution in [3.63, 3.8) is 0 Å². The van der Waals surface area contributed by atoms with Crippen molar-refractivity contribution >= 4 is 63.3 Å². The van der Waals surface area contributed by atoms with Gasteiger partial charge >= 0.3 is 0 Å². The first kappa shape index (κ1) is 23.2. The van der Waals surface area contributed by atoms with Gasteiger partial charge < -0.3 is 14.8 Å². The number of hydrogen-bond donors (Lipinski definition) is 1. The van der Waals surface area contributed by atoms with Crippen molar-refractivity contribution in [1.82, 2.24) is 4.90 Å². The number of hydrogen-bond acceptors (Lipinski definition) is 6. The molecule has 1 atom stereocenters. The number of aliphatic imine (C=N–C) groups is 1. The summed E-state index contributed by atoms with van der Waals surface area (Å²) in [5.41, 5.74) is 0.934.